The molecule has 0 aliphatic carbocycles. The van der Waals surface area contributed by atoms with Crippen LogP contribution in [0.4, 0.5) is 0 Å². The molecule has 0 atom stereocenters. The highest BCUT2D eigenvalue weighted by molar-refractivity contribution is 9.10. The van der Waals surface area contributed by atoms with Crippen LogP contribution >= 0.6 is 15.9 Å². The van der Waals surface area contributed by atoms with Crippen LogP contribution in [0.2, 0.25) is 0 Å². The quantitative estimate of drug-likeness (QED) is 0.495. The molecule has 6 heteroatoms. The van der Waals surface area contributed by atoms with Crippen molar-refractivity contribution in [3.63, 3.8) is 0 Å². The third kappa shape index (κ3) is 3.86. The second kappa shape index (κ2) is 7.58. The second-order valence-electron chi connectivity index (χ2n) is 5.91. The Morgan fingerprint density at radius 3 is 2.35 bits per heavy atom. The number of nitrogens with zero attached hydrogens (tertiary/aromatic N) is 2. The number of aryl methyl sites for hydroxylation is 2. The van der Waals surface area contributed by atoms with Gasteiger partial charge in [0.05, 0.1) is 10.7 Å². The summed E-state index contributed by atoms with van der Waals surface area (Å²) >= 11 is 3.24. The third-order valence-electron chi connectivity index (χ3n) is 4.01. The maximum atomic E-state index is 12.2. The first kappa shape index (κ1) is 17.9. The molecule has 1 amide bonds. The third-order valence-corrected chi connectivity index (χ3v) is 4.65. The summed E-state index contributed by atoms with van der Waals surface area (Å²) in [7, 11) is 0. The summed E-state index contributed by atoms with van der Waals surface area (Å²) in [6, 6.07) is 16.5. The molecule has 2 aromatic carbocycles. The van der Waals surface area contributed by atoms with Gasteiger partial charge in [0.1, 0.15) is 5.75 Å². The van der Waals surface area contributed by atoms with Crippen LogP contribution in [0.25, 0.3) is 5.69 Å². The molecule has 0 bridgehead atoms. The first-order chi connectivity index (χ1) is 12.5. The number of hydrogen-bond acceptors (Lipinski definition) is 3. The van der Waals surface area contributed by atoms with E-state index in [2.05, 4.69) is 43.2 Å². The molecule has 0 radical (unpaired) electrons. The van der Waals surface area contributed by atoms with Crippen LogP contribution in [0, 0.1) is 13.8 Å². The first-order valence-corrected chi connectivity index (χ1v) is 8.82. The summed E-state index contributed by atoms with van der Waals surface area (Å²) in [6.45, 7) is 4.09. The monoisotopic (exact) mass is 411 g/mol. The minimum absolute atomic E-state index is 0.152. The van der Waals surface area contributed by atoms with Gasteiger partial charge in [-0.1, -0.05) is 0 Å². The van der Waals surface area contributed by atoms with Crippen molar-refractivity contribution in [2.75, 3.05) is 0 Å². The average molecular weight is 412 g/mol. The maximum absolute atomic E-state index is 12.2. The molecule has 5 nitrogen and oxygen atoms in total. The average Bonchev–Trinajstić information content (AvgIpc) is 2.96. The fourth-order valence-electron chi connectivity index (χ4n) is 2.67. The molecule has 2 N–H and O–H groups in total. The van der Waals surface area contributed by atoms with Gasteiger partial charge in [0.25, 0.3) is 5.91 Å². The lowest BCUT2D eigenvalue weighted by Gasteiger charge is -2.10. The number of benzene rings is 2. The van der Waals surface area contributed by atoms with E-state index in [-0.39, 0.29) is 11.7 Å². The number of rotatable bonds is 4. The number of phenolic OH excluding ortho intramolecular Hbond substituents is 1. The summed E-state index contributed by atoms with van der Waals surface area (Å²) in [5.41, 5.74) is 7.08. The predicted molar refractivity (Wildman–Crippen MR) is 106 cm³/mol. The van der Waals surface area contributed by atoms with E-state index in [1.807, 2.05) is 26.0 Å². The Balaban J connectivity index is 1.68. The SMILES string of the molecule is Cc1ccc(C)n1-c1ccc(C(=O)N/N=C/c2ccc(O)c(Br)c2)cc1. The molecule has 0 saturated heterocycles. The lowest BCUT2D eigenvalue weighted by Crippen LogP contribution is -2.17. The number of hydrogen-bond donors (Lipinski definition) is 2. The van der Waals surface area contributed by atoms with Crippen LogP contribution < -0.4 is 5.43 Å². The molecule has 0 spiro atoms. The van der Waals surface area contributed by atoms with Crippen molar-refractivity contribution in [2.24, 2.45) is 5.10 Å². The summed E-state index contributed by atoms with van der Waals surface area (Å²) in [4.78, 5) is 12.2. The Hall–Kier alpha value is -2.86. The topological polar surface area (TPSA) is 66.6 Å². The van der Waals surface area contributed by atoms with Crippen molar-refractivity contribution in [2.45, 2.75) is 13.8 Å². The Morgan fingerprint density at radius 1 is 1.08 bits per heavy atom. The van der Waals surface area contributed by atoms with E-state index in [0.29, 0.717) is 10.0 Å². The van der Waals surface area contributed by atoms with Crippen LogP contribution in [0.1, 0.15) is 27.3 Å². The number of amides is 1. The van der Waals surface area contributed by atoms with Crippen molar-refractivity contribution in [3.8, 4) is 11.4 Å². The Bertz CT molecular complexity index is 956. The van der Waals surface area contributed by atoms with Crippen molar-refractivity contribution >= 4 is 28.1 Å². The Labute approximate surface area is 160 Å². The number of nitrogens with one attached hydrogen (secondary N) is 1. The van der Waals surface area contributed by atoms with Gasteiger partial charge in [-0.3, -0.25) is 4.79 Å². The molecule has 3 aromatic rings. The summed E-state index contributed by atoms with van der Waals surface area (Å²) in [5, 5.41) is 13.4. The van der Waals surface area contributed by atoms with Crippen LogP contribution in [0.3, 0.4) is 0 Å². The lowest BCUT2D eigenvalue weighted by molar-refractivity contribution is 0.0955. The number of aromatic nitrogens is 1. The molecule has 0 saturated carbocycles. The Morgan fingerprint density at radius 2 is 1.73 bits per heavy atom. The van der Waals surface area contributed by atoms with Crippen LogP contribution in [0.5, 0.6) is 5.75 Å². The van der Waals surface area contributed by atoms with Gasteiger partial charge in [-0.2, -0.15) is 5.10 Å². The molecule has 0 aliphatic rings. The van der Waals surface area contributed by atoms with Crippen molar-refractivity contribution < 1.29 is 9.90 Å². The lowest BCUT2D eigenvalue weighted by atomic mass is 10.2. The zero-order valence-corrected chi connectivity index (χ0v) is 16.0. The van der Waals surface area contributed by atoms with Crippen molar-refractivity contribution in [1.82, 2.24) is 9.99 Å². The minimum Gasteiger partial charge on any atom is -0.507 e. The molecule has 0 aliphatic heterocycles. The van der Waals surface area contributed by atoms with Gasteiger partial charge in [0, 0.05) is 22.6 Å². The van der Waals surface area contributed by atoms with Crippen LogP contribution in [-0.2, 0) is 0 Å². The fourth-order valence-corrected chi connectivity index (χ4v) is 3.07. The van der Waals surface area contributed by atoms with E-state index in [9.17, 15) is 9.90 Å². The number of phenols is 1. The highest BCUT2D eigenvalue weighted by atomic mass is 79.9. The van der Waals surface area contributed by atoms with E-state index < -0.39 is 0 Å². The smallest absolute Gasteiger partial charge is 0.271 e. The number of carbonyl (C=O) groups is 1. The first-order valence-electron chi connectivity index (χ1n) is 8.03. The molecule has 132 valence electrons. The highest BCUT2D eigenvalue weighted by Crippen LogP contribution is 2.23. The van der Waals surface area contributed by atoms with E-state index in [4.69, 9.17) is 0 Å². The van der Waals surface area contributed by atoms with E-state index in [1.165, 1.54) is 6.21 Å². The van der Waals surface area contributed by atoms with Crippen molar-refractivity contribution in [3.05, 3.63) is 81.6 Å². The Kier molecular flexibility index (Phi) is 5.23. The molecule has 0 unspecified atom stereocenters. The molecular formula is C20H18BrN3O2. The van der Waals surface area contributed by atoms with Gasteiger partial charge >= 0.3 is 0 Å². The fraction of sp³-hybridized carbons (Fsp3) is 0.100. The molecule has 1 heterocycles. The van der Waals surface area contributed by atoms with Crippen LogP contribution in [-0.4, -0.2) is 21.8 Å². The normalized spacial score (nSPS) is 11.0. The van der Waals surface area contributed by atoms with Crippen LogP contribution in [0.15, 0.2) is 64.2 Å². The molecule has 3 rings (SSSR count). The summed E-state index contributed by atoms with van der Waals surface area (Å²) in [5.74, 6) is -0.133. The largest absolute Gasteiger partial charge is 0.507 e. The van der Waals surface area contributed by atoms with E-state index >= 15 is 0 Å². The number of halogens is 1. The minimum atomic E-state index is -0.286. The van der Waals surface area contributed by atoms with Gasteiger partial charge in [0.15, 0.2) is 0 Å². The van der Waals surface area contributed by atoms with E-state index in [0.717, 1.165) is 22.6 Å². The van der Waals surface area contributed by atoms with Gasteiger partial charge in [-0.25, -0.2) is 5.43 Å². The van der Waals surface area contributed by atoms with Crippen molar-refractivity contribution in [1.29, 1.82) is 0 Å². The second-order valence-corrected chi connectivity index (χ2v) is 6.76. The zero-order chi connectivity index (χ0) is 18.7. The summed E-state index contributed by atoms with van der Waals surface area (Å²) in [6.07, 6.45) is 1.52. The maximum Gasteiger partial charge on any atom is 0.271 e. The number of carbonyl (C=O) groups excluding carboxylic acids is 1. The molecular weight excluding hydrogens is 394 g/mol. The molecule has 26 heavy (non-hydrogen) atoms. The standard InChI is InChI=1S/C20H18BrN3O2/c1-13-3-4-14(2)24(13)17-8-6-16(7-9-17)20(26)23-22-12-15-5-10-19(25)18(21)11-15/h3-12,25H,1-2H3,(H,23,26)/b22-12+. The van der Waals surface area contributed by atoms with E-state index in [1.54, 1.807) is 30.3 Å². The predicted octanol–water partition coefficient (Wildman–Crippen LogP) is 4.33. The van der Waals surface area contributed by atoms with Gasteiger partial charge in [0.2, 0.25) is 0 Å². The van der Waals surface area contributed by atoms with Gasteiger partial charge < -0.3 is 9.67 Å². The number of aromatic hydroxyl groups is 1. The molecule has 1 aromatic heterocycles. The zero-order valence-electron chi connectivity index (χ0n) is 14.4. The van der Waals surface area contributed by atoms with Gasteiger partial charge in [-0.05, 0) is 89.9 Å². The highest BCUT2D eigenvalue weighted by Gasteiger charge is 2.07. The van der Waals surface area contributed by atoms with Gasteiger partial charge in [-0.15, -0.1) is 0 Å². The molecule has 0 fully saturated rings. The number of hydrazone groups is 1. The summed E-state index contributed by atoms with van der Waals surface area (Å²) < 4.78 is 2.70.